The lowest BCUT2D eigenvalue weighted by Crippen LogP contribution is -1.95. The number of benzene rings is 1. The van der Waals surface area contributed by atoms with Crippen LogP contribution in [0.4, 0.5) is 0 Å². The van der Waals surface area contributed by atoms with E-state index in [2.05, 4.69) is 4.98 Å². The van der Waals surface area contributed by atoms with Crippen LogP contribution in [0.2, 0.25) is 0 Å². The summed E-state index contributed by atoms with van der Waals surface area (Å²) in [5, 5.41) is 18.4. The Kier molecular flexibility index (Phi) is 2.36. The Bertz CT molecular complexity index is 546. The number of carboxylic acid groups (broad SMARTS) is 1. The van der Waals surface area contributed by atoms with Crippen molar-refractivity contribution in [2.24, 2.45) is 7.05 Å². The summed E-state index contributed by atoms with van der Waals surface area (Å²) >= 11 is 0. The molecule has 0 saturated heterocycles. The smallest absolute Gasteiger partial charge is 0.356 e. The molecule has 2 N–H and O–H groups in total. The second-order valence-electron chi connectivity index (χ2n) is 3.38. The van der Waals surface area contributed by atoms with E-state index >= 15 is 0 Å². The van der Waals surface area contributed by atoms with Gasteiger partial charge in [0.25, 0.3) is 0 Å². The zero-order valence-electron chi connectivity index (χ0n) is 8.58. The molecule has 0 unspecified atom stereocenters. The van der Waals surface area contributed by atoms with Gasteiger partial charge >= 0.3 is 5.97 Å². The van der Waals surface area contributed by atoms with Crippen molar-refractivity contribution in [3.05, 3.63) is 36.2 Å². The van der Waals surface area contributed by atoms with Gasteiger partial charge in [-0.05, 0) is 12.1 Å². The average molecular weight is 218 g/mol. The molecule has 0 radical (unpaired) electrons. The minimum absolute atomic E-state index is 0.0410. The van der Waals surface area contributed by atoms with Crippen LogP contribution in [0.1, 0.15) is 10.5 Å². The number of aryl methyl sites for hydroxylation is 1. The monoisotopic (exact) mass is 218 g/mol. The molecule has 0 aliphatic heterocycles. The number of phenols is 1. The zero-order valence-corrected chi connectivity index (χ0v) is 8.58. The molecule has 5 nitrogen and oxygen atoms in total. The van der Waals surface area contributed by atoms with Crippen LogP contribution < -0.4 is 0 Å². The van der Waals surface area contributed by atoms with Crippen LogP contribution in [-0.2, 0) is 7.05 Å². The van der Waals surface area contributed by atoms with Crippen molar-refractivity contribution in [1.82, 2.24) is 9.55 Å². The first-order chi connectivity index (χ1) is 7.59. The van der Waals surface area contributed by atoms with Gasteiger partial charge in [0.05, 0.1) is 5.56 Å². The van der Waals surface area contributed by atoms with Crippen molar-refractivity contribution in [2.45, 2.75) is 0 Å². The van der Waals surface area contributed by atoms with Crippen LogP contribution in [0.5, 0.6) is 5.75 Å². The standard InChI is InChI=1S/C11H10N2O3/c1-13-6-8(11(15)16)12-10(13)7-4-2-3-5-9(7)14/h2-6,14H,1H3,(H,15,16). The number of imidazole rings is 1. The Morgan fingerprint density at radius 2 is 2.06 bits per heavy atom. The molecule has 1 heterocycles. The molecular formula is C11H10N2O3. The minimum Gasteiger partial charge on any atom is -0.507 e. The normalized spacial score (nSPS) is 10.3. The molecule has 0 amide bonds. The molecule has 0 fully saturated rings. The minimum atomic E-state index is -1.09. The van der Waals surface area contributed by atoms with E-state index in [0.29, 0.717) is 11.4 Å². The fraction of sp³-hybridized carbons (Fsp3) is 0.0909. The number of carboxylic acids is 1. The number of aromatic nitrogens is 2. The highest BCUT2D eigenvalue weighted by atomic mass is 16.4. The largest absolute Gasteiger partial charge is 0.507 e. The third-order valence-electron chi connectivity index (χ3n) is 2.24. The summed E-state index contributed by atoms with van der Waals surface area (Å²) in [6.07, 6.45) is 1.41. The van der Waals surface area contributed by atoms with Crippen LogP contribution >= 0.6 is 0 Å². The first-order valence-electron chi connectivity index (χ1n) is 4.64. The third-order valence-corrected chi connectivity index (χ3v) is 2.24. The van der Waals surface area contributed by atoms with Gasteiger partial charge in [-0.2, -0.15) is 0 Å². The molecule has 0 saturated carbocycles. The molecule has 16 heavy (non-hydrogen) atoms. The molecule has 2 rings (SSSR count). The molecule has 0 aliphatic carbocycles. The van der Waals surface area contributed by atoms with E-state index in [1.54, 1.807) is 29.8 Å². The van der Waals surface area contributed by atoms with E-state index in [-0.39, 0.29) is 11.4 Å². The van der Waals surface area contributed by atoms with E-state index < -0.39 is 5.97 Å². The zero-order chi connectivity index (χ0) is 11.7. The Morgan fingerprint density at radius 3 is 2.62 bits per heavy atom. The number of carbonyl (C=O) groups is 1. The van der Waals surface area contributed by atoms with Crippen LogP contribution in [0.15, 0.2) is 30.5 Å². The SMILES string of the molecule is Cn1cc(C(=O)O)nc1-c1ccccc1O. The molecular weight excluding hydrogens is 208 g/mol. The topological polar surface area (TPSA) is 75.4 Å². The van der Waals surface area contributed by atoms with E-state index in [4.69, 9.17) is 5.11 Å². The highest BCUT2D eigenvalue weighted by Gasteiger charge is 2.14. The van der Waals surface area contributed by atoms with Crippen molar-refractivity contribution in [2.75, 3.05) is 0 Å². The predicted octanol–water partition coefficient (Wildman–Crippen LogP) is 1.49. The Balaban J connectivity index is 2.57. The van der Waals surface area contributed by atoms with Gasteiger partial charge < -0.3 is 14.8 Å². The number of hydrogen-bond donors (Lipinski definition) is 2. The van der Waals surface area contributed by atoms with E-state index in [1.165, 1.54) is 12.3 Å². The lowest BCUT2D eigenvalue weighted by Gasteiger charge is -2.03. The second kappa shape index (κ2) is 3.69. The maximum atomic E-state index is 10.7. The molecule has 1 aromatic heterocycles. The second-order valence-corrected chi connectivity index (χ2v) is 3.38. The van der Waals surface area contributed by atoms with Gasteiger partial charge in [0.2, 0.25) is 0 Å². The van der Waals surface area contributed by atoms with Crippen molar-refractivity contribution in [3.63, 3.8) is 0 Å². The number of aromatic hydroxyl groups is 1. The molecule has 82 valence electrons. The molecule has 0 aliphatic rings. The van der Waals surface area contributed by atoms with Gasteiger partial charge in [0.15, 0.2) is 5.69 Å². The summed E-state index contributed by atoms with van der Waals surface area (Å²) in [6, 6.07) is 6.66. The maximum Gasteiger partial charge on any atom is 0.356 e. The van der Waals surface area contributed by atoms with E-state index in [1.807, 2.05) is 0 Å². The van der Waals surface area contributed by atoms with E-state index in [0.717, 1.165) is 0 Å². The van der Waals surface area contributed by atoms with Crippen LogP contribution in [0.25, 0.3) is 11.4 Å². The van der Waals surface area contributed by atoms with Crippen LogP contribution in [0.3, 0.4) is 0 Å². The summed E-state index contributed by atoms with van der Waals surface area (Å²) < 4.78 is 1.57. The summed E-state index contributed by atoms with van der Waals surface area (Å²) in [5.74, 6) is -0.582. The van der Waals surface area contributed by atoms with Gasteiger partial charge in [-0.1, -0.05) is 12.1 Å². The van der Waals surface area contributed by atoms with Crippen molar-refractivity contribution >= 4 is 5.97 Å². The number of phenolic OH excluding ortho intramolecular Hbond substituents is 1. The molecule has 0 atom stereocenters. The molecule has 5 heteroatoms. The molecule has 0 bridgehead atoms. The number of hydrogen-bond acceptors (Lipinski definition) is 3. The van der Waals surface area contributed by atoms with Gasteiger partial charge in [0, 0.05) is 13.2 Å². The van der Waals surface area contributed by atoms with Gasteiger partial charge in [-0.3, -0.25) is 0 Å². The summed E-state index contributed by atoms with van der Waals surface area (Å²) in [6.45, 7) is 0. The first kappa shape index (κ1) is 10.2. The first-order valence-corrected chi connectivity index (χ1v) is 4.64. The highest BCUT2D eigenvalue weighted by Crippen LogP contribution is 2.27. The summed E-state index contributed by atoms with van der Waals surface area (Å²) in [7, 11) is 1.68. The predicted molar refractivity (Wildman–Crippen MR) is 57.3 cm³/mol. The van der Waals surface area contributed by atoms with Gasteiger partial charge in [-0.15, -0.1) is 0 Å². The van der Waals surface area contributed by atoms with Crippen LogP contribution in [-0.4, -0.2) is 25.7 Å². The van der Waals surface area contributed by atoms with Gasteiger partial charge in [-0.25, -0.2) is 9.78 Å². The molecule has 0 spiro atoms. The Hall–Kier alpha value is -2.30. The molecule has 2 aromatic rings. The Morgan fingerprint density at radius 1 is 1.38 bits per heavy atom. The number of para-hydroxylation sites is 1. The number of aromatic carboxylic acids is 1. The Labute approximate surface area is 91.6 Å². The quantitative estimate of drug-likeness (QED) is 0.800. The lowest BCUT2D eigenvalue weighted by molar-refractivity contribution is 0.0691. The summed E-state index contributed by atoms with van der Waals surface area (Å²) in [5.41, 5.74) is 0.471. The maximum absolute atomic E-state index is 10.7. The van der Waals surface area contributed by atoms with Crippen molar-refractivity contribution in [3.8, 4) is 17.1 Å². The van der Waals surface area contributed by atoms with Gasteiger partial charge in [0.1, 0.15) is 11.6 Å². The third kappa shape index (κ3) is 1.63. The highest BCUT2D eigenvalue weighted by molar-refractivity contribution is 5.86. The number of rotatable bonds is 2. The van der Waals surface area contributed by atoms with Crippen molar-refractivity contribution in [1.29, 1.82) is 0 Å². The summed E-state index contributed by atoms with van der Waals surface area (Å²) in [4.78, 5) is 14.7. The van der Waals surface area contributed by atoms with Crippen LogP contribution in [0, 0.1) is 0 Å². The van der Waals surface area contributed by atoms with Crippen molar-refractivity contribution < 1.29 is 15.0 Å². The average Bonchev–Trinajstić information content (AvgIpc) is 2.61. The fourth-order valence-electron chi connectivity index (χ4n) is 1.48. The lowest BCUT2D eigenvalue weighted by atomic mass is 10.2. The van der Waals surface area contributed by atoms with E-state index in [9.17, 15) is 9.90 Å². The molecule has 1 aromatic carbocycles. The number of nitrogens with zero attached hydrogens (tertiary/aromatic N) is 2. The fourth-order valence-corrected chi connectivity index (χ4v) is 1.48.